The van der Waals surface area contributed by atoms with Gasteiger partial charge in [0.25, 0.3) is 11.4 Å². The van der Waals surface area contributed by atoms with E-state index < -0.39 is 11.4 Å². The van der Waals surface area contributed by atoms with Crippen LogP contribution in [0.2, 0.25) is 5.02 Å². The minimum Gasteiger partial charge on any atom is -0.355 e. The van der Waals surface area contributed by atoms with Crippen molar-refractivity contribution < 1.29 is 13.7 Å². The summed E-state index contributed by atoms with van der Waals surface area (Å²) in [5.41, 5.74) is -0.209. The number of likely N-dealkylation sites (N-methyl/N-ethyl adjacent to an activating group) is 1. The maximum Gasteiger partial charge on any atom is 0.278 e. The number of rotatable bonds is 5. The molecule has 2 aromatic heterocycles. The number of hydrogen-bond donors (Lipinski definition) is 1. The molecule has 3 aromatic rings. The molecule has 0 saturated heterocycles. The molecule has 0 fully saturated rings. The number of nitrogens with zero attached hydrogens (tertiary/aromatic N) is 4. The average Bonchev–Trinajstić information content (AvgIpc) is 3.09. The van der Waals surface area contributed by atoms with E-state index in [0.717, 1.165) is 4.68 Å². The summed E-state index contributed by atoms with van der Waals surface area (Å²) in [5.74, 6) is -1.06. The highest BCUT2D eigenvalue weighted by atomic mass is 35.5. The van der Waals surface area contributed by atoms with Crippen LogP contribution in [0.5, 0.6) is 0 Å². The minimum absolute atomic E-state index is 0.0109. The van der Waals surface area contributed by atoms with Crippen molar-refractivity contribution in [1.82, 2.24) is 25.2 Å². The number of halogens is 2. The van der Waals surface area contributed by atoms with Gasteiger partial charge in [-0.2, -0.15) is 10.1 Å². The van der Waals surface area contributed by atoms with Crippen molar-refractivity contribution in [3.05, 3.63) is 51.5 Å². The van der Waals surface area contributed by atoms with Crippen molar-refractivity contribution in [2.24, 2.45) is 0 Å². The molecule has 1 amide bonds. The van der Waals surface area contributed by atoms with Gasteiger partial charge in [-0.05, 0) is 25.1 Å². The molecule has 26 heavy (non-hydrogen) atoms. The van der Waals surface area contributed by atoms with Gasteiger partial charge in [0.15, 0.2) is 5.82 Å². The summed E-state index contributed by atoms with van der Waals surface area (Å²) < 4.78 is 20.1. The second-order valence-electron chi connectivity index (χ2n) is 5.19. The smallest absolute Gasteiger partial charge is 0.278 e. The van der Waals surface area contributed by atoms with Gasteiger partial charge in [-0.1, -0.05) is 22.8 Å². The molecule has 0 aliphatic carbocycles. The molecule has 0 aliphatic heterocycles. The van der Waals surface area contributed by atoms with Gasteiger partial charge >= 0.3 is 0 Å². The Labute approximate surface area is 151 Å². The molecular weight excluding hydrogens is 365 g/mol. The van der Waals surface area contributed by atoms with E-state index >= 15 is 0 Å². The number of carbonyl (C=O) groups excluding carboxylic acids is 1. The SMILES string of the molecule is CCNC(=O)Cn1nc(-c2nc(-c3cccc(Cl)c3F)no2)ccc1=O. The number of amides is 1. The highest BCUT2D eigenvalue weighted by Crippen LogP contribution is 2.26. The highest BCUT2D eigenvalue weighted by molar-refractivity contribution is 6.31. The van der Waals surface area contributed by atoms with Crippen LogP contribution in [0.15, 0.2) is 39.6 Å². The molecule has 3 rings (SSSR count). The van der Waals surface area contributed by atoms with Crippen molar-refractivity contribution in [1.29, 1.82) is 0 Å². The first kappa shape index (κ1) is 17.7. The lowest BCUT2D eigenvalue weighted by Crippen LogP contribution is -2.33. The van der Waals surface area contributed by atoms with Crippen molar-refractivity contribution in [2.75, 3.05) is 6.54 Å². The number of carbonyl (C=O) groups is 1. The third kappa shape index (κ3) is 3.62. The van der Waals surface area contributed by atoms with E-state index in [2.05, 4.69) is 20.6 Å². The third-order valence-corrected chi connectivity index (χ3v) is 3.66. The molecule has 8 nitrogen and oxygen atoms in total. The Morgan fingerprint density at radius 3 is 2.92 bits per heavy atom. The van der Waals surface area contributed by atoms with Gasteiger partial charge in [-0.3, -0.25) is 9.59 Å². The van der Waals surface area contributed by atoms with Crippen LogP contribution in [0.25, 0.3) is 23.0 Å². The summed E-state index contributed by atoms with van der Waals surface area (Å²) in [7, 11) is 0. The third-order valence-electron chi connectivity index (χ3n) is 3.37. The number of aromatic nitrogens is 4. The molecule has 0 radical (unpaired) electrons. The zero-order chi connectivity index (χ0) is 18.7. The largest absolute Gasteiger partial charge is 0.355 e. The average molecular weight is 378 g/mol. The Kier molecular flexibility index (Phi) is 5.08. The monoisotopic (exact) mass is 377 g/mol. The number of benzene rings is 1. The molecule has 2 heterocycles. The molecule has 1 N–H and O–H groups in total. The van der Waals surface area contributed by atoms with Crippen LogP contribution in [0.4, 0.5) is 4.39 Å². The van der Waals surface area contributed by atoms with Crippen LogP contribution in [0.3, 0.4) is 0 Å². The molecule has 134 valence electrons. The highest BCUT2D eigenvalue weighted by Gasteiger charge is 2.17. The Morgan fingerprint density at radius 2 is 2.15 bits per heavy atom. The summed E-state index contributed by atoms with van der Waals surface area (Å²) >= 11 is 5.75. The van der Waals surface area contributed by atoms with E-state index in [1.54, 1.807) is 13.0 Å². The van der Waals surface area contributed by atoms with Crippen molar-refractivity contribution >= 4 is 17.5 Å². The van der Waals surface area contributed by atoms with Crippen LogP contribution < -0.4 is 10.9 Å². The lowest BCUT2D eigenvalue weighted by Gasteiger charge is -2.05. The molecule has 1 aromatic carbocycles. The molecule has 0 saturated carbocycles. The van der Waals surface area contributed by atoms with Crippen LogP contribution in [0.1, 0.15) is 6.92 Å². The minimum atomic E-state index is -0.671. The Morgan fingerprint density at radius 1 is 1.35 bits per heavy atom. The molecule has 0 atom stereocenters. The predicted octanol–water partition coefficient (Wildman–Crippen LogP) is 1.89. The van der Waals surface area contributed by atoms with Crippen LogP contribution in [0, 0.1) is 5.82 Å². The van der Waals surface area contributed by atoms with Gasteiger partial charge in [-0.15, -0.1) is 0 Å². The molecule has 0 aliphatic rings. The number of hydrogen-bond acceptors (Lipinski definition) is 6. The number of nitrogens with one attached hydrogen (secondary N) is 1. The van der Waals surface area contributed by atoms with Gasteiger partial charge in [0.1, 0.15) is 12.2 Å². The molecule has 0 spiro atoms. The normalized spacial score (nSPS) is 10.7. The fourth-order valence-electron chi connectivity index (χ4n) is 2.18. The first-order valence-corrected chi connectivity index (χ1v) is 8.00. The van der Waals surface area contributed by atoms with Gasteiger partial charge in [0.2, 0.25) is 11.7 Å². The van der Waals surface area contributed by atoms with E-state index in [9.17, 15) is 14.0 Å². The lowest BCUT2D eigenvalue weighted by atomic mass is 10.2. The fraction of sp³-hybridized carbons (Fsp3) is 0.188. The summed E-state index contributed by atoms with van der Waals surface area (Å²) in [5, 5.41) is 10.3. The zero-order valence-corrected chi connectivity index (χ0v) is 14.3. The summed E-state index contributed by atoms with van der Waals surface area (Å²) in [6.07, 6.45) is 0. The Bertz CT molecular complexity index is 1020. The maximum absolute atomic E-state index is 14.1. The lowest BCUT2D eigenvalue weighted by molar-refractivity contribution is -0.121. The fourth-order valence-corrected chi connectivity index (χ4v) is 2.35. The maximum atomic E-state index is 14.1. The molecule has 10 heteroatoms. The quantitative estimate of drug-likeness (QED) is 0.728. The second-order valence-corrected chi connectivity index (χ2v) is 5.60. The predicted molar refractivity (Wildman–Crippen MR) is 90.9 cm³/mol. The Hall–Kier alpha value is -3.07. The first-order valence-electron chi connectivity index (χ1n) is 7.63. The standard InChI is InChI=1S/C16H13ClFN5O3/c1-2-19-12(24)8-23-13(25)7-6-11(21-23)16-20-15(22-26-16)9-4-3-5-10(17)14(9)18/h3-7H,2,8H2,1H3,(H,19,24). The van der Waals surface area contributed by atoms with Crippen molar-refractivity contribution in [3.63, 3.8) is 0 Å². The van der Waals surface area contributed by atoms with Crippen molar-refractivity contribution in [3.8, 4) is 23.0 Å². The summed E-state index contributed by atoms with van der Waals surface area (Å²) in [6, 6.07) is 7.02. The van der Waals surface area contributed by atoms with Gasteiger partial charge in [0, 0.05) is 12.6 Å². The van der Waals surface area contributed by atoms with Crippen LogP contribution >= 0.6 is 11.6 Å². The van der Waals surface area contributed by atoms with E-state index in [4.69, 9.17) is 16.1 Å². The Balaban J connectivity index is 1.93. The van der Waals surface area contributed by atoms with Crippen LogP contribution in [-0.4, -0.2) is 32.4 Å². The van der Waals surface area contributed by atoms with E-state index in [-0.39, 0.29) is 40.4 Å². The van der Waals surface area contributed by atoms with Gasteiger partial charge in [-0.25, -0.2) is 9.07 Å². The zero-order valence-electron chi connectivity index (χ0n) is 13.6. The van der Waals surface area contributed by atoms with E-state index in [1.807, 2.05) is 0 Å². The summed E-state index contributed by atoms with van der Waals surface area (Å²) in [6.45, 7) is 1.95. The molecule has 0 unspecified atom stereocenters. The van der Waals surface area contributed by atoms with Gasteiger partial charge in [0.05, 0.1) is 10.6 Å². The van der Waals surface area contributed by atoms with Crippen molar-refractivity contribution in [2.45, 2.75) is 13.5 Å². The molecule has 0 bridgehead atoms. The second kappa shape index (κ2) is 7.44. The van der Waals surface area contributed by atoms with Gasteiger partial charge < -0.3 is 9.84 Å². The van der Waals surface area contributed by atoms with E-state index in [1.165, 1.54) is 24.3 Å². The van der Waals surface area contributed by atoms with Crippen LogP contribution in [-0.2, 0) is 11.3 Å². The molecular formula is C16H13ClFN5O3. The first-order chi connectivity index (χ1) is 12.5. The summed E-state index contributed by atoms with van der Waals surface area (Å²) in [4.78, 5) is 27.6. The topological polar surface area (TPSA) is 103 Å². The van der Waals surface area contributed by atoms with E-state index in [0.29, 0.717) is 6.54 Å².